The lowest BCUT2D eigenvalue weighted by Gasteiger charge is -2.31. The predicted molar refractivity (Wildman–Crippen MR) is 66.0 cm³/mol. The van der Waals surface area contributed by atoms with Crippen LogP contribution in [0, 0.1) is 0 Å². The number of piperazine rings is 1. The maximum absolute atomic E-state index is 11.8. The Balaban J connectivity index is 1.88. The van der Waals surface area contributed by atoms with Gasteiger partial charge in [-0.3, -0.25) is 10.2 Å². The molecule has 7 nitrogen and oxygen atoms in total. The van der Waals surface area contributed by atoms with Crippen LogP contribution in [0.5, 0.6) is 0 Å². The molecule has 0 bridgehead atoms. The summed E-state index contributed by atoms with van der Waals surface area (Å²) in [4.78, 5) is 14.1. The standard InChI is InChI=1S/C9H16N6OS/c1-10-9-12-11-8(17-9)7(16)13-15-5-3-14(2)4-6-15/h3-6H2,1-2H3,(H,10,12)(H,13,16). The molecule has 1 aliphatic rings. The van der Waals surface area contributed by atoms with Gasteiger partial charge in [0.1, 0.15) is 0 Å². The van der Waals surface area contributed by atoms with E-state index in [1.807, 2.05) is 5.01 Å². The van der Waals surface area contributed by atoms with Crippen LogP contribution in [-0.2, 0) is 0 Å². The van der Waals surface area contributed by atoms with Gasteiger partial charge in [-0.25, -0.2) is 5.01 Å². The Bertz CT molecular complexity index is 387. The summed E-state index contributed by atoms with van der Waals surface area (Å²) >= 11 is 1.25. The summed E-state index contributed by atoms with van der Waals surface area (Å²) in [5, 5.41) is 13.5. The van der Waals surface area contributed by atoms with E-state index in [1.54, 1.807) is 7.05 Å². The number of hydrogen-bond acceptors (Lipinski definition) is 7. The molecule has 0 radical (unpaired) electrons. The SMILES string of the molecule is CNc1nnc(C(=O)NN2CCN(C)CC2)s1. The van der Waals surface area contributed by atoms with Gasteiger partial charge in [0.2, 0.25) is 10.1 Å². The second-order valence-corrected chi connectivity index (χ2v) is 4.87. The van der Waals surface area contributed by atoms with Crippen LogP contribution in [0.3, 0.4) is 0 Å². The van der Waals surface area contributed by atoms with Crippen molar-refractivity contribution in [1.82, 2.24) is 25.5 Å². The van der Waals surface area contributed by atoms with Crippen LogP contribution in [0.1, 0.15) is 9.80 Å². The van der Waals surface area contributed by atoms with Gasteiger partial charge >= 0.3 is 0 Å². The predicted octanol–water partition coefficient (Wildman–Crippen LogP) is -0.528. The number of likely N-dealkylation sites (N-methyl/N-ethyl adjacent to an activating group) is 1. The van der Waals surface area contributed by atoms with Gasteiger partial charge in [0.05, 0.1) is 0 Å². The molecule has 2 rings (SSSR count). The van der Waals surface area contributed by atoms with E-state index in [2.05, 4.69) is 32.9 Å². The quantitative estimate of drug-likeness (QED) is 0.757. The fourth-order valence-electron chi connectivity index (χ4n) is 1.53. The summed E-state index contributed by atoms with van der Waals surface area (Å²) in [6.45, 7) is 3.58. The van der Waals surface area contributed by atoms with Crippen molar-refractivity contribution in [3.63, 3.8) is 0 Å². The molecule has 2 heterocycles. The number of hydrogen-bond donors (Lipinski definition) is 2. The molecule has 2 N–H and O–H groups in total. The van der Waals surface area contributed by atoms with Crippen molar-refractivity contribution in [2.45, 2.75) is 0 Å². The normalized spacial score (nSPS) is 18.0. The van der Waals surface area contributed by atoms with E-state index >= 15 is 0 Å². The minimum absolute atomic E-state index is 0.187. The van der Waals surface area contributed by atoms with E-state index in [1.165, 1.54) is 11.3 Å². The molecular weight excluding hydrogens is 240 g/mol. The first-order valence-corrected chi connectivity index (χ1v) is 6.26. The molecule has 1 fully saturated rings. The Morgan fingerprint density at radius 2 is 2.00 bits per heavy atom. The van der Waals surface area contributed by atoms with E-state index in [4.69, 9.17) is 0 Å². The highest BCUT2D eigenvalue weighted by Gasteiger charge is 2.18. The van der Waals surface area contributed by atoms with Gasteiger partial charge in [-0.15, -0.1) is 10.2 Å². The number of aromatic nitrogens is 2. The molecule has 0 saturated carbocycles. The molecule has 8 heteroatoms. The first-order chi connectivity index (χ1) is 8.19. The van der Waals surface area contributed by atoms with Gasteiger partial charge in [0, 0.05) is 33.2 Å². The maximum Gasteiger partial charge on any atom is 0.296 e. The van der Waals surface area contributed by atoms with Crippen LogP contribution in [0.25, 0.3) is 0 Å². The van der Waals surface area contributed by atoms with Gasteiger partial charge in [-0.05, 0) is 7.05 Å². The van der Waals surface area contributed by atoms with Gasteiger partial charge in [-0.2, -0.15) is 0 Å². The number of amides is 1. The lowest BCUT2D eigenvalue weighted by molar-refractivity contribution is 0.0661. The van der Waals surface area contributed by atoms with E-state index in [9.17, 15) is 4.79 Å². The minimum atomic E-state index is -0.187. The van der Waals surface area contributed by atoms with Crippen molar-refractivity contribution in [2.24, 2.45) is 0 Å². The van der Waals surface area contributed by atoms with Crippen LogP contribution in [-0.4, -0.2) is 66.3 Å². The number of nitrogens with zero attached hydrogens (tertiary/aromatic N) is 4. The fourth-order valence-corrected chi connectivity index (χ4v) is 2.11. The van der Waals surface area contributed by atoms with Gasteiger partial charge in [-0.1, -0.05) is 11.3 Å². The number of hydrazine groups is 1. The lowest BCUT2D eigenvalue weighted by Crippen LogP contribution is -2.52. The average Bonchev–Trinajstić information content (AvgIpc) is 2.81. The van der Waals surface area contributed by atoms with Crippen LogP contribution in [0.15, 0.2) is 0 Å². The van der Waals surface area contributed by atoms with Crippen LogP contribution >= 0.6 is 11.3 Å². The Hall–Kier alpha value is -1.25. The molecule has 1 aromatic rings. The third-order valence-electron chi connectivity index (χ3n) is 2.60. The highest BCUT2D eigenvalue weighted by molar-refractivity contribution is 7.17. The number of nitrogens with one attached hydrogen (secondary N) is 2. The largest absolute Gasteiger partial charge is 0.363 e. The molecular formula is C9H16N6OS. The third kappa shape index (κ3) is 3.11. The third-order valence-corrected chi connectivity index (χ3v) is 3.54. The Labute approximate surface area is 104 Å². The molecule has 1 aliphatic heterocycles. The van der Waals surface area contributed by atoms with Crippen molar-refractivity contribution >= 4 is 22.4 Å². The molecule has 1 saturated heterocycles. The smallest absolute Gasteiger partial charge is 0.296 e. The Kier molecular flexibility index (Phi) is 3.87. The van der Waals surface area contributed by atoms with Crippen LogP contribution in [0.4, 0.5) is 5.13 Å². The van der Waals surface area contributed by atoms with E-state index in [0.29, 0.717) is 10.1 Å². The second kappa shape index (κ2) is 5.39. The van der Waals surface area contributed by atoms with E-state index < -0.39 is 0 Å². The topological polar surface area (TPSA) is 73.4 Å². The Morgan fingerprint density at radius 1 is 1.29 bits per heavy atom. The molecule has 1 amide bonds. The highest BCUT2D eigenvalue weighted by Crippen LogP contribution is 2.13. The zero-order valence-corrected chi connectivity index (χ0v) is 10.8. The number of anilines is 1. The number of rotatable bonds is 3. The van der Waals surface area contributed by atoms with Crippen LogP contribution < -0.4 is 10.7 Å². The summed E-state index contributed by atoms with van der Waals surface area (Å²) in [6, 6.07) is 0. The first-order valence-electron chi connectivity index (χ1n) is 5.45. The van der Waals surface area contributed by atoms with Crippen molar-refractivity contribution in [3.8, 4) is 0 Å². The van der Waals surface area contributed by atoms with Gasteiger partial charge in [0.15, 0.2) is 0 Å². The highest BCUT2D eigenvalue weighted by atomic mass is 32.1. The lowest BCUT2D eigenvalue weighted by atomic mass is 10.4. The van der Waals surface area contributed by atoms with Crippen LogP contribution in [0.2, 0.25) is 0 Å². The maximum atomic E-state index is 11.8. The summed E-state index contributed by atoms with van der Waals surface area (Å²) in [5.41, 5.74) is 2.84. The van der Waals surface area contributed by atoms with Gasteiger partial charge < -0.3 is 10.2 Å². The molecule has 0 aromatic carbocycles. The summed E-state index contributed by atoms with van der Waals surface area (Å²) in [6.07, 6.45) is 0. The number of carbonyl (C=O) groups is 1. The molecule has 0 atom stereocenters. The van der Waals surface area contributed by atoms with Gasteiger partial charge in [0.25, 0.3) is 5.91 Å². The minimum Gasteiger partial charge on any atom is -0.363 e. The monoisotopic (exact) mass is 256 g/mol. The van der Waals surface area contributed by atoms with Crippen molar-refractivity contribution < 1.29 is 4.79 Å². The number of carbonyl (C=O) groups excluding carboxylic acids is 1. The molecule has 0 spiro atoms. The summed E-state index contributed by atoms with van der Waals surface area (Å²) in [5.74, 6) is -0.187. The molecule has 17 heavy (non-hydrogen) atoms. The summed E-state index contributed by atoms with van der Waals surface area (Å²) < 4.78 is 0. The van der Waals surface area contributed by atoms with Crippen molar-refractivity contribution in [1.29, 1.82) is 0 Å². The first kappa shape index (κ1) is 12.2. The zero-order chi connectivity index (χ0) is 12.3. The molecule has 0 unspecified atom stereocenters. The average molecular weight is 256 g/mol. The van der Waals surface area contributed by atoms with Crippen molar-refractivity contribution in [2.75, 3.05) is 45.6 Å². The van der Waals surface area contributed by atoms with E-state index in [0.717, 1.165) is 26.2 Å². The zero-order valence-electron chi connectivity index (χ0n) is 9.93. The summed E-state index contributed by atoms with van der Waals surface area (Å²) in [7, 11) is 3.83. The second-order valence-electron chi connectivity index (χ2n) is 3.89. The van der Waals surface area contributed by atoms with E-state index in [-0.39, 0.29) is 5.91 Å². The molecule has 0 aliphatic carbocycles. The molecule has 94 valence electrons. The Morgan fingerprint density at radius 3 is 2.59 bits per heavy atom. The fraction of sp³-hybridized carbons (Fsp3) is 0.667. The van der Waals surface area contributed by atoms with Crippen molar-refractivity contribution in [3.05, 3.63) is 5.01 Å². The molecule has 1 aromatic heterocycles.